The van der Waals surface area contributed by atoms with Crippen molar-refractivity contribution in [1.82, 2.24) is 20.2 Å². The van der Waals surface area contributed by atoms with Gasteiger partial charge in [0, 0.05) is 49.4 Å². The lowest BCUT2D eigenvalue weighted by Gasteiger charge is -2.34. The fourth-order valence-electron chi connectivity index (χ4n) is 7.77. The number of aromatic nitrogens is 2. The first-order valence-electron chi connectivity index (χ1n) is 15.9. The number of carbonyl (C=O) groups excluding carboxylic acids is 1. The van der Waals surface area contributed by atoms with Gasteiger partial charge in [0.05, 0.1) is 25.2 Å². The number of benzene rings is 3. The molecule has 4 aliphatic rings. The summed E-state index contributed by atoms with van der Waals surface area (Å²) in [5, 5.41) is 5.05. The number of hydrogen-bond donors (Lipinski definition) is 1. The molecule has 0 saturated carbocycles. The lowest BCUT2D eigenvalue weighted by molar-refractivity contribution is -0.120. The van der Waals surface area contributed by atoms with Crippen molar-refractivity contribution in [2.75, 3.05) is 44.4 Å². The number of nitrogens with one attached hydrogen (secondary N) is 1. The van der Waals surface area contributed by atoms with Gasteiger partial charge in [0.1, 0.15) is 22.9 Å². The largest absolute Gasteiger partial charge is 0.463 e. The van der Waals surface area contributed by atoms with E-state index >= 15 is 8.78 Å². The van der Waals surface area contributed by atoms with Crippen molar-refractivity contribution < 1.29 is 27.8 Å². The zero-order valence-corrected chi connectivity index (χ0v) is 24.9. The van der Waals surface area contributed by atoms with Gasteiger partial charge in [-0.15, -0.1) is 0 Å². The zero-order chi connectivity index (χ0) is 30.5. The van der Waals surface area contributed by atoms with Crippen LogP contribution in [-0.4, -0.2) is 85.0 Å². The molecular formula is C34H35F2N5O4. The van der Waals surface area contributed by atoms with Crippen LogP contribution in [0.4, 0.5) is 14.6 Å². The summed E-state index contributed by atoms with van der Waals surface area (Å²) in [7, 11) is 0. The molecule has 0 amide bonds. The molecule has 2 unspecified atom stereocenters. The third-order valence-electron chi connectivity index (χ3n) is 9.83. The van der Waals surface area contributed by atoms with Crippen LogP contribution in [0.5, 0.6) is 11.8 Å². The Hall–Kier alpha value is -3.93. The zero-order valence-electron chi connectivity index (χ0n) is 24.9. The van der Waals surface area contributed by atoms with Gasteiger partial charge in [-0.1, -0.05) is 24.3 Å². The molecule has 234 valence electrons. The SMILES string of the molecule is O=COc1cc(-c2cc(F)c3c(N4C[C@H]5CC[C@@H](C4)N5)nc(OCCCN4C5CCC4COC5)nc3c2F)c2ccccc2c1. The smallest absolute Gasteiger partial charge is 0.319 e. The minimum Gasteiger partial charge on any atom is -0.463 e. The molecule has 9 nitrogen and oxygen atoms in total. The number of hydrogen-bond acceptors (Lipinski definition) is 9. The Bertz CT molecular complexity index is 1740. The second kappa shape index (κ2) is 11.8. The second-order valence-corrected chi connectivity index (χ2v) is 12.6. The van der Waals surface area contributed by atoms with Crippen LogP contribution in [0.1, 0.15) is 32.1 Å². The molecule has 0 spiro atoms. The number of fused-ring (bicyclic) bond motifs is 6. The fraction of sp³-hybridized carbons (Fsp3) is 0.441. The third-order valence-corrected chi connectivity index (χ3v) is 9.83. The number of halogens is 2. The molecule has 8 rings (SSSR count). The lowest BCUT2D eigenvalue weighted by atomic mass is 9.96. The maximum absolute atomic E-state index is 16.7. The molecule has 4 bridgehead atoms. The van der Waals surface area contributed by atoms with Crippen LogP contribution in [0.3, 0.4) is 0 Å². The van der Waals surface area contributed by atoms with Crippen LogP contribution in [-0.2, 0) is 9.53 Å². The Kier molecular flexibility index (Phi) is 7.47. The molecule has 0 aliphatic carbocycles. The van der Waals surface area contributed by atoms with Crippen LogP contribution in [0.15, 0.2) is 42.5 Å². The van der Waals surface area contributed by atoms with Crippen molar-refractivity contribution in [2.24, 2.45) is 0 Å². The van der Waals surface area contributed by atoms with Crippen molar-refractivity contribution in [1.29, 1.82) is 0 Å². The summed E-state index contributed by atoms with van der Waals surface area (Å²) < 4.78 is 49.9. The van der Waals surface area contributed by atoms with Crippen molar-refractivity contribution in [2.45, 2.75) is 56.3 Å². The van der Waals surface area contributed by atoms with Crippen molar-refractivity contribution in [3.05, 3.63) is 54.1 Å². The molecule has 4 aliphatic heterocycles. The molecule has 0 radical (unpaired) electrons. The predicted octanol–water partition coefficient (Wildman–Crippen LogP) is 4.84. The fourth-order valence-corrected chi connectivity index (χ4v) is 7.77. The minimum absolute atomic E-state index is 0.0197. The van der Waals surface area contributed by atoms with Gasteiger partial charge in [-0.05, 0) is 66.6 Å². The summed E-state index contributed by atoms with van der Waals surface area (Å²) in [6.45, 7) is 4.37. The van der Waals surface area contributed by atoms with E-state index in [0.29, 0.717) is 55.0 Å². The van der Waals surface area contributed by atoms with E-state index in [1.54, 1.807) is 12.1 Å². The van der Waals surface area contributed by atoms with Crippen LogP contribution in [0.2, 0.25) is 0 Å². The first kappa shape index (κ1) is 28.5. The molecule has 1 N–H and O–H groups in total. The van der Waals surface area contributed by atoms with Gasteiger partial charge in [-0.2, -0.15) is 9.97 Å². The normalized spacial score (nSPS) is 24.4. The summed E-state index contributed by atoms with van der Waals surface area (Å²) in [4.78, 5) is 24.9. The average Bonchev–Trinajstić information content (AvgIpc) is 3.50. The molecule has 4 fully saturated rings. The van der Waals surface area contributed by atoms with E-state index < -0.39 is 11.6 Å². The monoisotopic (exact) mass is 615 g/mol. The summed E-state index contributed by atoms with van der Waals surface area (Å²) in [6, 6.07) is 13.2. The highest BCUT2D eigenvalue weighted by molar-refractivity contribution is 6.01. The molecular weight excluding hydrogens is 580 g/mol. The quantitative estimate of drug-likeness (QED) is 0.210. The van der Waals surface area contributed by atoms with Gasteiger partial charge >= 0.3 is 6.01 Å². The van der Waals surface area contributed by atoms with Crippen LogP contribution < -0.4 is 19.7 Å². The molecule has 4 saturated heterocycles. The second-order valence-electron chi connectivity index (χ2n) is 12.6. The number of ether oxygens (including phenoxy) is 3. The molecule has 11 heteroatoms. The van der Waals surface area contributed by atoms with E-state index in [9.17, 15) is 4.79 Å². The number of rotatable bonds is 9. The predicted molar refractivity (Wildman–Crippen MR) is 166 cm³/mol. The van der Waals surface area contributed by atoms with Gasteiger partial charge in [-0.3, -0.25) is 9.69 Å². The van der Waals surface area contributed by atoms with E-state index in [1.165, 1.54) is 6.07 Å². The van der Waals surface area contributed by atoms with Gasteiger partial charge < -0.3 is 24.4 Å². The summed E-state index contributed by atoms with van der Waals surface area (Å²) in [5.41, 5.74) is 0.283. The van der Waals surface area contributed by atoms with Gasteiger partial charge in [0.2, 0.25) is 0 Å². The number of piperazine rings is 1. The Balaban J connectivity index is 1.18. The Labute approximate surface area is 259 Å². The first-order valence-corrected chi connectivity index (χ1v) is 15.9. The number of carbonyl (C=O) groups is 1. The van der Waals surface area contributed by atoms with E-state index in [0.717, 1.165) is 57.2 Å². The van der Waals surface area contributed by atoms with E-state index in [4.69, 9.17) is 19.2 Å². The van der Waals surface area contributed by atoms with Gasteiger partial charge in [-0.25, -0.2) is 8.78 Å². The minimum atomic E-state index is -0.684. The van der Waals surface area contributed by atoms with E-state index in [-0.39, 0.29) is 40.3 Å². The van der Waals surface area contributed by atoms with Crippen LogP contribution in [0, 0.1) is 11.6 Å². The molecule has 5 heterocycles. The van der Waals surface area contributed by atoms with Crippen LogP contribution >= 0.6 is 0 Å². The highest BCUT2D eigenvalue weighted by atomic mass is 19.1. The highest BCUT2D eigenvalue weighted by Gasteiger charge is 2.37. The highest BCUT2D eigenvalue weighted by Crippen LogP contribution is 2.40. The number of morpholine rings is 1. The van der Waals surface area contributed by atoms with Crippen molar-refractivity contribution >= 4 is 34.0 Å². The molecule has 4 aromatic rings. The summed E-state index contributed by atoms with van der Waals surface area (Å²) in [5.74, 6) is -0.722. The number of nitrogens with zero attached hydrogens (tertiary/aromatic N) is 4. The van der Waals surface area contributed by atoms with E-state index in [1.807, 2.05) is 29.2 Å². The average molecular weight is 616 g/mol. The maximum atomic E-state index is 16.7. The third kappa shape index (κ3) is 5.26. The Morgan fingerprint density at radius 2 is 1.76 bits per heavy atom. The molecule has 3 aromatic carbocycles. The van der Waals surface area contributed by atoms with Crippen molar-refractivity contribution in [3.8, 4) is 22.9 Å². The standard InChI is InChI=1S/C34H35F2N5O4/c35-29-14-28(27-13-25(45-19-42)12-20-4-1-2-5-26(20)27)31(36)32-30(29)33(40-15-21-6-7-22(16-40)37-21)39-34(38-32)44-11-3-10-41-23-8-9-24(41)18-43-17-23/h1-2,4-5,12-14,19,21-24,37H,3,6-11,15-18H2/t21-,22+,23?,24?. The summed E-state index contributed by atoms with van der Waals surface area (Å²) >= 11 is 0. The first-order chi connectivity index (χ1) is 22.1. The maximum Gasteiger partial charge on any atom is 0.319 e. The van der Waals surface area contributed by atoms with Crippen molar-refractivity contribution in [3.63, 3.8) is 0 Å². The summed E-state index contributed by atoms with van der Waals surface area (Å²) in [6.07, 6.45) is 5.13. The lowest BCUT2D eigenvalue weighted by Crippen LogP contribution is -2.51. The number of anilines is 1. The van der Waals surface area contributed by atoms with Gasteiger partial charge in [0.15, 0.2) is 5.82 Å². The Morgan fingerprint density at radius 3 is 2.53 bits per heavy atom. The van der Waals surface area contributed by atoms with E-state index in [2.05, 4.69) is 15.2 Å². The van der Waals surface area contributed by atoms with Crippen LogP contribution in [0.25, 0.3) is 32.8 Å². The Morgan fingerprint density at radius 1 is 0.978 bits per heavy atom. The molecule has 1 aromatic heterocycles. The molecule has 45 heavy (non-hydrogen) atoms. The molecule has 4 atom stereocenters. The van der Waals surface area contributed by atoms with Gasteiger partial charge in [0.25, 0.3) is 6.47 Å². The topological polar surface area (TPSA) is 89.0 Å².